The third-order valence-electron chi connectivity index (χ3n) is 5.55. The Morgan fingerprint density at radius 2 is 1.69 bits per heavy atom. The van der Waals surface area contributed by atoms with Gasteiger partial charge in [-0.25, -0.2) is 4.98 Å². The standard InChI is InChI=1S/C22H18F3N7/c1-14(30(2)20-12-11-19-27-28-21(22(23,24)25)32(19)29-20)15-7-9-16(10-8-15)31-13-26-17-5-3-4-6-18(17)31/h3-14H,1-2H3/t14-/m1/s1. The molecular weight excluding hydrogens is 419 g/mol. The van der Waals surface area contributed by atoms with Crippen molar-refractivity contribution in [3.63, 3.8) is 0 Å². The van der Waals surface area contributed by atoms with Gasteiger partial charge in [0.1, 0.15) is 12.1 Å². The average molecular weight is 437 g/mol. The number of benzene rings is 2. The summed E-state index contributed by atoms with van der Waals surface area (Å²) in [5.74, 6) is -0.771. The fourth-order valence-electron chi connectivity index (χ4n) is 3.64. The zero-order valence-corrected chi connectivity index (χ0v) is 17.2. The van der Waals surface area contributed by atoms with Crippen LogP contribution in [0.5, 0.6) is 0 Å². The second-order valence-corrected chi connectivity index (χ2v) is 7.46. The van der Waals surface area contributed by atoms with Crippen molar-refractivity contribution in [2.24, 2.45) is 0 Å². The van der Waals surface area contributed by atoms with Crippen LogP contribution in [0.2, 0.25) is 0 Å². The highest BCUT2D eigenvalue weighted by Gasteiger charge is 2.37. The number of para-hydroxylation sites is 2. The van der Waals surface area contributed by atoms with Crippen molar-refractivity contribution in [3.8, 4) is 5.69 Å². The van der Waals surface area contributed by atoms with Crippen LogP contribution in [-0.4, -0.2) is 36.4 Å². The SMILES string of the molecule is C[C@H](c1ccc(-n2cnc3ccccc32)cc1)N(C)c1ccc2nnc(C(F)(F)F)n2n1. The largest absolute Gasteiger partial charge is 0.453 e. The van der Waals surface area contributed by atoms with Crippen molar-refractivity contribution in [1.29, 1.82) is 0 Å². The third kappa shape index (κ3) is 3.33. The average Bonchev–Trinajstić information content (AvgIpc) is 3.42. The highest BCUT2D eigenvalue weighted by atomic mass is 19.4. The first-order valence-corrected chi connectivity index (χ1v) is 9.88. The minimum absolute atomic E-state index is 0.0408. The van der Waals surface area contributed by atoms with Crippen LogP contribution in [-0.2, 0) is 6.18 Å². The molecule has 162 valence electrons. The zero-order valence-electron chi connectivity index (χ0n) is 17.2. The van der Waals surface area contributed by atoms with Crippen molar-refractivity contribution < 1.29 is 13.2 Å². The topological polar surface area (TPSA) is 64.1 Å². The Kier molecular flexibility index (Phi) is 4.58. The van der Waals surface area contributed by atoms with Crippen molar-refractivity contribution >= 4 is 22.5 Å². The maximum atomic E-state index is 13.2. The second-order valence-electron chi connectivity index (χ2n) is 7.46. The van der Waals surface area contributed by atoms with Gasteiger partial charge in [-0.15, -0.1) is 15.3 Å². The van der Waals surface area contributed by atoms with Crippen molar-refractivity contribution in [1.82, 2.24) is 29.4 Å². The van der Waals surface area contributed by atoms with Gasteiger partial charge in [0.25, 0.3) is 5.82 Å². The summed E-state index contributed by atoms with van der Waals surface area (Å²) in [7, 11) is 1.79. The van der Waals surface area contributed by atoms with Crippen molar-refractivity contribution in [2.45, 2.75) is 19.1 Å². The van der Waals surface area contributed by atoms with E-state index in [0.29, 0.717) is 5.82 Å². The lowest BCUT2D eigenvalue weighted by Gasteiger charge is -2.26. The van der Waals surface area contributed by atoms with E-state index in [1.807, 2.05) is 60.0 Å². The van der Waals surface area contributed by atoms with Gasteiger partial charge in [0.05, 0.1) is 17.1 Å². The Hall–Kier alpha value is -3.95. The van der Waals surface area contributed by atoms with Crippen LogP contribution >= 0.6 is 0 Å². The summed E-state index contributed by atoms with van der Waals surface area (Å²) in [5, 5.41) is 10.9. The number of fused-ring (bicyclic) bond motifs is 2. The lowest BCUT2D eigenvalue weighted by molar-refractivity contribution is -0.146. The quantitative estimate of drug-likeness (QED) is 0.409. The molecule has 3 aromatic heterocycles. The molecule has 5 aromatic rings. The maximum Gasteiger partial charge on any atom is 0.453 e. The second kappa shape index (κ2) is 7.33. The fourth-order valence-corrected chi connectivity index (χ4v) is 3.64. The van der Waals surface area contributed by atoms with E-state index in [9.17, 15) is 13.2 Å². The Balaban J connectivity index is 1.43. The van der Waals surface area contributed by atoms with Gasteiger partial charge in [-0.3, -0.25) is 4.57 Å². The molecule has 5 rings (SSSR count). The molecule has 0 saturated carbocycles. The molecule has 2 aromatic carbocycles. The molecule has 3 heterocycles. The third-order valence-corrected chi connectivity index (χ3v) is 5.55. The molecule has 0 aliphatic carbocycles. The molecule has 0 aliphatic rings. The van der Waals surface area contributed by atoms with Gasteiger partial charge in [-0.2, -0.15) is 17.7 Å². The van der Waals surface area contributed by atoms with Gasteiger partial charge in [-0.05, 0) is 48.9 Å². The Labute approximate surface area is 180 Å². The minimum atomic E-state index is -4.64. The van der Waals surface area contributed by atoms with Gasteiger partial charge < -0.3 is 4.90 Å². The van der Waals surface area contributed by atoms with Crippen LogP contribution in [0, 0.1) is 0 Å². The van der Waals surface area contributed by atoms with Crippen LogP contribution in [0.15, 0.2) is 67.0 Å². The molecule has 0 fully saturated rings. The maximum absolute atomic E-state index is 13.2. The van der Waals surface area contributed by atoms with Crippen LogP contribution < -0.4 is 4.90 Å². The smallest absolute Gasteiger partial charge is 0.351 e. The van der Waals surface area contributed by atoms with Gasteiger partial charge in [0, 0.05) is 12.7 Å². The number of hydrogen-bond donors (Lipinski definition) is 0. The number of nitrogens with zero attached hydrogens (tertiary/aromatic N) is 7. The Bertz CT molecular complexity index is 1400. The molecule has 32 heavy (non-hydrogen) atoms. The summed E-state index contributed by atoms with van der Waals surface area (Å²) >= 11 is 0. The van der Waals surface area contributed by atoms with Crippen LogP contribution in [0.4, 0.5) is 19.0 Å². The van der Waals surface area contributed by atoms with Crippen LogP contribution in [0.1, 0.15) is 24.4 Å². The summed E-state index contributed by atoms with van der Waals surface area (Å²) < 4.78 is 42.3. The molecule has 10 heteroatoms. The molecule has 0 aliphatic heterocycles. The number of rotatable bonds is 4. The highest BCUT2D eigenvalue weighted by Crippen LogP contribution is 2.29. The van der Waals surface area contributed by atoms with Crippen molar-refractivity contribution in [3.05, 3.63) is 78.4 Å². The summed E-state index contributed by atoms with van der Waals surface area (Å²) in [6.45, 7) is 1.96. The Morgan fingerprint density at radius 3 is 2.44 bits per heavy atom. The van der Waals surface area contributed by atoms with Gasteiger partial charge in [-0.1, -0.05) is 24.3 Å². The van der Waals surface area contributed by atoms with E-state index in [0.717, 1.165) is 26.8 Å². The summed E-state index contributed by atoms with van der Waals surface area (Å²) in [6, 6.07) is 18.8. The molecular formula is C22H18F3N7. The van der Waals surface area contributed by atoms with Crippen LogP contribution in [0.25, 0.3) is 22.4 Å². The van der Waals surface area contributed by atoms with E-state index in [4.69, 9.17) is 0 Å². The van der Waals surface area contributed by atoms with Crippen LogP contribution in [0.3, 0.4) is 0 Å². The van der Waals surface area contributed by atoms with Crippen molar-refractivity contribution in [2.75, 3.05) is 11.9 Å². The fraction of sp³-hybridized carbons (Fsp3) is 0.182. The zero-order chi connectivity index (χ0) is 22.5. The predicted octanol–water partition coefficient (Wildman–Crippen LogP) is 4.68. The predicted molar refractivity (Wildman–Crippen MR) is 114 cm³/mol. The lowest BCUT2D eigenvalue weighted by Crippen LogP contribution is -2.24. The minimum Gasteiger partial charge on any atom is -0.351 e. The monoisotopic (exact) mass is 437 g/mol. The molecule has 0 N–H and O–H groups in total. The van der Waals surface area contributed by atoms with E-state index in [-0.39, 0.29) is 11.7 Å². The van der Waals surface area contributed by atoms with Gasteiger partial charge in [0.2, 0.25) is 0 Å². The molecule has 1 atom stereocenters. The first-order chi connectivity index (χ1) is 15.3. The van der Waals surface area contributed by atoms with E-state index in [1.165, 1.54) is 6.07 Å². The number of hydrogen-bond acceptors (Lipinski definition) is 5. The molecule has 0 spiro atoms. The first-order valence-electron chi connectivity index (χ1n) is 9.88. The molecule has 0 saturated heterocycles. The number of imidazole rings is 1. The molecule has 0 unspecified atom stereocenters. The molecule has 0 radical (unpaired) electrons. The van der Waals surface area contributed by atoms with E-state index in [1.54, 1.807) is 24.3 Å². The Morgan fingerprint density at radius 1 is 0.938 bits per heavy atom. The number of halogens is 3. The highest BCUT2D eigenvalue weighted by molar-refractivity contribution is 5.77. The summed E-state index contributed by atoms with van der Waals surface area (Å²) in [4.78, 5) is 6.23. The van der Waals surface area contributed by atoms with Gasteiger partial charge >= 0.3 is 6.18 Å². The molecule has 0 amide bonds. The lowest BCUT2D eigenvalue weighted by atomic mass is 10.1. The van der Waals surface area contributed by atoms with E-state index >= 15 is 0 Å². The molecule has 0 bridgehead atoms. The molecule has 7 nitrogen and oxygen atoms in total. The number of anilines is 1. The number of alkyl halides is 3. The van der Waals surface area contributed by atoms with E-state index in [2.05, 4.69) is 20.3 Å². The normalized spacial score (nSPS) is 13.0. The summed E-state index contributed by atoms with van der Waals surface area (Å²) in [5.41, 5.74) is 3.92. The number of aromatic nitrogens is 6. The first kappa shape index (κ1) is 20.0. The summed E-state index contributed by atoms with van der Waals surface area (Å²) in [6.07, 6.45) is -2.85. The van der Waals surface area contributed by atoms with E-state index < -0.39 is 12.0 Å². The van der Waals surface area contributed by atoms with Gasteiger partial charge in [0.15, 0.2) is 5.65 Å².